The highest BCUT2D eigenvalue weighted by molar-refractivity contribution is 7.93. The minimum Gasteiger partial charge on any atom is -0.497 e. The molecule has 4 nitrogen and oxygen atoms in total. The Morgan fingerprint density at radius 3 is 1.46 bits per heavy atom. The fraction of sp³-hybridized carbons (Fsp3) is 0.174. The molecule has 3 aromatic rings. The molecule has 3 rings (SSSR count). The number of ether oxygens (including phenoxy) is 2. The molecule has 3 aromatic carbocycles. The number of aryl methyl sites for hydroxylation is 2. The molecule has 5 heteroatoms. The molecule has 28 heavy (non-hydrogen) atoms. The predicted molar refractivity (Wildman–Crippen MR) is 113 cm³/mol. The molecule has 0 N–H and O–H groups in total. The van der Waals surface area contributed by atoms with Crippen LogP contribution < -0.4 is 20.1 Å². The van der Waals surface area contributed by atoms with Crippen molar-refractivity contribution < 1.29 is 18.8 Å². The second-order valence-corrected chi connectivity index (χ2v) is 9.23. The van der Waals surface area contributed by atoms with Gasteiger partial charge in [-0.1, -0.05) is 18.2 Å². The molecule has 0 saturated carbocycles. The summed E-state index contributed by atoms with van der Waals surface area (Å²) in [5.41, 5.74) is 1.77. The summed E-state index contributed by atoms with van der Waals surface area (Å²) in [6, 6.07) is 19.3. The predicted octanol–water partition coefficient (Wildman–Crippen LogP) is 4.47. The lowest BCUT2D eigenvalue weighted by Crippen LogP contribution is -2.23. The van der Waals surface area contributed by atoms with Crippen molar-refractivity contribution in [1.82, 2.24) is 0 Å². The molecule has 0 fully saturated rings. The van der Waals surface area contributed by atoms with E-state index >= 15 is 0 Å². The van der Waals surface area contributed by atoms with Gasteiger partial charge in [-0.15, -0.1) is 0 Å². The second-order valence-electron chi connectivity index (χ2n) is 6.58. The van der Waals surface area contributed by atoms with Crippen LogP contribution in [0.2, 0.25) is 0 Å². The Labute approximate surface area is 165 Å². The van der Waals surface area contributed by atoms with Gasteiger partial charge in [0.2, 0.25) is 12.7 Å². The Balaban J connectivity index is 2.23. The lowest BCUT2D eigenvalue weighted by Gasteiger charge is -2.21. The number of rotatable bonds is 6. The molecular formula is C23H23O4P. The van der Waals surface area contributed by atoms with E-state index in [4.69, 9.17) is 9.47 Å². The van der Waals surface area contributed by atoms with Gasteiger partial charge < -0.3 is 14.0 Å². The first kappa shape index (κ1) is 19.9. The Morgan fingerprint density at radius 2 is 1.11 bits per heavy atom. The topological polar surface area (TPSA) is 52.6 Å². The van der Waals surface area contributed by atoms with E-state index in [-0.39, 0.29) is 5.52 Å². The molecule has 0 unspecified atom stereocenters. The lowest BCUT2D eigenvalue weighted by atomic mass is 10.0. The molecule has 0 aliphatic carbocycles. The van der Waals surface area contributed by atoms with E-state index in [1.54, 1.807) is 62.8 Å². The highest BCUT2D eigenvalue weighted by Crippen LogP contribution is 2.48. The molecule has 0 aliphatic rings. The van der Waals surface area contributed by atoms with Gasteiger partial charge in [0, 0.05) is 16.2 Å². The van der Waals surface area contributed by atoms with Gasteiger partial charge >= 0.3 is 0 Å². The maximum atomic E-state index is 14.4. The largest absolute Gasteiger partial charge is 0.497 e. The van der Waals surface area contributed by atoms with Crippen LogP contribution in [0.15, 0.2) is 66.7 Å². The van der Waals surface area contributed by atoms with Crippen molar-refractivity contribution in [2.24, 2.45) is 0 Å². The zero-order chi connectivity index (χ0) is 20.3. The van der Waals surface area contributed by atoms with Gasteiger partial charge in [-0.05, 0) is 73.5 Å². The van der Waals surface area contributed by atoms with Gasteiger partial charge in [0.1, 0.15) is 11.5 Å². The number of hydrogen-bond acceptors (Lipinski definition) is 4. The van der Waals surface area contributed by atoms with Crippen LogP contribution in [0.3, 0.4) is 0 Å². The third kappa shape index (κ3) is 3.48. The molecule has 0 saturated heterocycles. The smallest absolute Gasteiger partial charge is 0.230 e. The molecule has 0 aromatic heterocycles. The molecule has 0 aliphatic heterocycles. The van der Waals surface area contributed by atoms with Crippen LogP contribution in [0.25, 0.3) is 0 Å². The highest BCUT2D eigenvalue weighted by atomic mass is 31.2. The molecule has 0 radical (unpaired) electrons. The van der Waals surface area contributed by atoms with Crippen molar-refractivity contribution >= 4 is 23.3 Å². The van der Waals surface area contributed by atoms with Crippen LogP contribution >= 0.6 is 7.14 Å². The standard InChI is InChI=1S/C23H23O4P/c1-16-6-5-7-17(2)22(16)23(24)28(25,20-12-8-18(26-3)9-13-20)21-14-10-19(27-4)11-15-21/h5-15H,1-4H3. The summed E-state index contributed by atoms with van der Waals surface area (Å²) in [5, 5.41) is 0.956. The third-order valence-corrected chi connectivity index (χ3v) is 7.70. The van der Waals surface area contributed by atoms with Crippen LogP contribution in [0.4, 0.5) is 0 Å². The Bertz CT molecular complexity index is 965. The van der Waals surface area contributed by atoms with E-state index in [2.05, 4.69) is 0 Å². The third-order valence-electron chi connectivity index (χ3n) is 4.85. The summed E-state index contributed by atoms with van der Waals surface area (Å²) < 4.78 is 24.8. The quantitative estimate of drug-likeness (QED) is 0.579. The molecule has 0 atom stereocenters. The lowest BCUT2D eigenvalue weighted by molar-refractivity contribution is 0.107. The molecular weight excluding hydrogens is 371 g/mol. The SMILES string of the molecule is COc1ccc(P(=O)(C(=O)c2c(C)cccc2C)c2ccc(OC)cc2)cc1. The van der Waals surface area contributed by atoms with E-state index in [9.17, 15) is 9.36 Å². The number of methoxy groups -OCH3 is 2. The van der Waals surface area contributed by atoms with Crippen LogP contribution in [0, 0.1) is 13.8 Å². The summed E-state index contributed by atoms with van der Waals surface area (Å²) in [5.74, 6) is 1.29. The number of benzene rings is 3. The van der Waals surface area contributed by atoms with Crippen LogP contribution in [-0.2, 0) is 4.57 Å². The number of hydrogen-bond donors (Lipinski definition) is 0. The minimum atomic E-state index is -3.60. The molecule has 0 spiro atoms. The summed E-state index contributed by atoms with van der Waals surface area (Å²) >= 11 is 0. The summed E-state index contributed by atoms with van der Waals surface area (Å²) in [7, 11) is -0.463. The number of carbonyl (C=O) groups excluding carboxylic acids is 1. The molecule has 0 heterocycles. The van der Waals surface area contributed by atoms with Gasteiger partial charge in [0.15, 0.2) is 0 Å². The van der Waals surface area contributed by atoms with Gasteiger partial charge in [0.05, 0.1) is 14.2 Å². The Kier molecular flexibility index (Phi) is 5.71. The average Bonchev–Trinajstić information content (AvgIpc) is 2.73. The molecule has 0 bridgehead atoms. The van der Waals surface area contributed by atoms with Crippen molar-refractivity contribution in [2.45, 2.75) is 13.8 Å². The normalized spacial score (nSPS) is 11.1. The van der Waals surface area contributed by atoms with Crippen LogP contribution in [-0.4, -0.2) is 19.7 Å². The summed E-state index contributed by atoms with van der Waals surface area (Å²) in [4.78, 5) is 13.7. The summed E-state index contributed by atoms with van der Waals surface area (Å²) in [6.07, 6.45) is 0. The molecule has 144 valence electrons. The van der Waals surface area contributed by atoms with E-state index in [0.29, 0.717) is 27.7 Å². The van der Waals surface area contributed by atoms with Gasteiger partial charge in [-0.2, -0.15) is 0 Å². The maximum Gasteiger partial charge on any atom is 0.230 e. The highest BCUT2D eigenvalue weighted by Gasteiger charge is 2.38. The fourth-order valence-electron chi connectivity index (χ4n) is 3.28. The van der Waals surface area contributed by atoms with Crippen molar-refractivity contribution in [3.63, 3.8) is 0 Å². The van der Waals surface area contributed by atoms with E-state index in [0.717, 1.165) is 11.1 Å². The monoisotopic (exact) mass is 394 g/mol. The van der Waals surface area contributed by atoms with E-state index < -0.39 is 7.14 Å². The first-order chi connectivity index (χ1) is 13.4. The fourth-order valence-corrected chi connectivity index (χ4v) is 5.85. The number of carbonyl (C=O) groups is 1. The van der Waals surface area contributed by atoms with Gasteiger partial charge in [-0.25, -0.2) is 0 Å². The van der Waals surface area contributed by atoms with Crippen molar-refractivity contribution in [3.05, 3.63) is 83.4 Å². The average molecular weight is 394 g/mol. The minimum absolute atomic E-state index is 0.363. The van der Waals surface area contributed by atoms with Gasteiger partial charge in [0.25, 0.3) is 0 Å². The van der Waals surface area contributed by atoms with E-state index in [1.807, 2.05) is 32.0 Å². The zero-order valence-electron chi connectivity index (χ0n) is 16.4. The Morgan fingerprint density at radius 1 is 0.714 bits per heavy atom. The zero-order valence-corrected chi connectivity index (χ0v) is 17.3. The second kappa shape index (κ2) is 8.04. The Hall–Kier alpha value is -2.84. The van der Waals surface area contributed by atoms with E-state index in [1.165, 1.54) is 0 Å². The van der Waals surface area contributed by atoms with Crippen molar-refractivity contribution in [3.8, 4) is 11.5 Å². The maximum absolute atomic E-state index is 14.4. The first-order valence-corrected chi connectivity index (χ1v) is 10.6. The van der Waals surface area contributed by atoms with Crippen molar-refractivity contribution in [2.75, 3.05) is 14.2 Å². The molecule has 0 amide bonds. The summed E-state index contributed by atoms with van der Waals surface area (Å²) in [6.45, 7) is 3.74. The van der Waals surface area contributed by atoms with Crippen LogP contribution in [0.5, 0.6) is 11.5 Å². The first-order valence-electron chi connectivity index (χ1n) is 8.92. The van der Waals surface area contributed by atoms with Crippen molar-refractivity contribution in [1.29, 1.82) is 0 Å². The van der Waals surface area contributed by atoms with Gasteiger partial charge in [-0.3, -0.25) is 4.79 Å². The van der Waals surface area contributed by atoms with Crippen LogP contribution in [0.1, 0.15) is 21.5 Å².